The highest BCUT2D eigenvalue weighted by molar-refractivity contribution is 6.39. The lowest BCUT2D eigenvalue weighted by Gasteiger charge is -2.10. The molecular weight excluding hydrogens is 316 g/mol. The second kappa shape index (κ2) is 7.05. The van der Waals surface area contributed by atoms with Gasteiger partial charge < -0.3 is 29.6 Å². The first kappa shape index (κ1) is 15.9. The minimum Gasteiger partial charge on any atom is -0.472 e. The van der Waals surface area contributed by atoms with E-state index in [0.717, 1.165) is 0 Å². The zero-order valence-corrected chi connectivity index (χ0v) is 12.7. The van der Waals surface area contributed by atoms with Crippen molar-refractivity contribution in [2.45, 2.75) is 12.5 Å². The number of hydrogen-bond donors (Lipinski definition) is 3. The first-order valence-electron chi connectivity index (χ1n) is 7.32. The maximum absolute atomic E-state index is 11.8. The van der Waals surface area contributed by atoms with Gasteiger partial charge >= 0.3 is 11.8 Å². The molecule has 24 heavy (non-hydrogen) atoms. The van der Waals surface area contributed by atoms with Crippen molar-refractivity contribution < 1.29 is 28.6 Å². The molecule has 0 saturated carbocycles. The van der Waals surface area contributed by atoms with E-state index in [-0.39, 0.29) is 19.8 Å². The SMILES string of the molecule is O=C(NCC[C@H](O)c1ccoc1)C(=O)Nc1ccc2c(c1)OCO2. The molecule has 0 spiro atoms. The molecule has 2 amide bonds. The Balaban J connectivity index is 1.45. The molecule has 1 aromatic heterocycles. The van der Waals surface area contributed by atoms with Crippen molar-refractivity contribution in [3.63, 3.8) is 0 Å². The summed E-state index contributed by atoms with van der Waals surface area (Å²) >= 11 is 0. The number of hydrogen-bond acceptors (Lipinski definition) is 6. The molecule has 2 heterocycles. The number of anilines is 1. The Hall–Kier alpha value is -3.00. The molecule has 126 valence electrons. The van der Waals surface area contributed by atoms with Gasteiger partial charge in [0.05, 0.1) is 18.6 Å². The van der Waals surface area contributed by atoms with Crippen molar-refractivity contribution in [2.75, 3.05) is 18.7 Å². The van der Waals surface area contributed by atoms with Crippen molar-refractivity contribution in [2.24, 2.45) is 0 Å². The van der Waals surface area contributed by atoms with Gasteiger partial charge in [0.15, 0.2) is 11.5 Å². The average molecular weight is 332 g/mol. The van der Waals surface area contributed by atoms with Crippen molar-refractivity contribution in [3.05, 3.63) is 42.4 Å². The normalized spacial score (nSPS) is 13.4. The van der Waals surface area contributed by atoms with Crippen LogP contribution in [0.5, 0.6) is 11.5 Å². The molecule has 3 rings (SSSR count). The van der Waals surface area contributed by atoms with Gasteiger partial charge in [-0.3, -0.25) is 9.59 Å². The summed E-state index contributed by atoms with van der Waals surface area (Å²) in [5.41, 5.74) is 1.05. The molecule has 0 saturated heterocycles. The molecule has 1 aromatic carbocycles. The minimum absolute atomic E-state index is 0.131. The Morgan fingerprint density at radius 2 is 2.00 bits per heavy atom. The number of carbonyl (C=O) groups excluding carboxylic acids is 2. The van der Waals surface area contributed by atoms with Crippen LogP contribution >= 0.6 is 0 Å². The highest BCUT2D eigenvalue weighted by Gasteiger charge is 2.17. The molecule has 8 heteroatoms. The molecule has 1 aliphatic rings. The Morgan fingerprint density at radius 1 is 1.17 bits per heavy atom. The van der Waals surface area contributed by atoms with E-state index in [2.05, 4.69) is 10.6 Å². The fraction of sp³-hybridized carbons (Fsp3) is 0.250. The zero-order chi connectivity index (χ0) is 16.9. The van der Waals surface area contributed by atoms with Crippen LogP contribution in [0.2, 0.25) is 0 Å². The zero-order valence-electron chi connectivity index (χ0n) is 12.7. The average Bonchev–Trinajstić information content (AvgIpc) is 3.25. The molecular formula is C16H16N2O6. The smallest absolute Gasteiger partial charge is 0.313 e. The molecule has 0 unspecified atom stereocenters. The minimum atomic E-state index is -0.799. The lowest BCUT2D eigenvalue weighted by atomic mass is 10.1. The molecule has 2 aromatic rings. The highest BCUT2D eigenvalue weighted by atomic mass is 16.7. The van der Waals surface area contributed by atoms with Crippen molar-refractivity contribution in [3.8, 4) is 11.5 Å². The lowest BCUT2D eigenvalue weighted by molar-refractivity contribution is -0.136. The van der Waals surface area contributed by atoms with Crippen LogP contribution in [0.1, 0.15) is 18.1 Å². The third-order valence-corrected chi connectivity index (χ3v) is 3.47. The second-order valence-electron chi connectivity index (χ2n) is 5.14. The molecule has 0 aliphatic carbocycles. The molecule has 3 N–H and O–H groups in total. The summed E-state index contributed by atoms with van der Waals surface area (Å²) in [6.45, 7) is 0.284. The summed E-state index contributed by atoms with van der Waals surface area (Å²) in [4.78, 5) is 23.6. The van der Waals surface area contributed by atoms with Gasteiger partial charge in [-0.15, -0.1) is 0 Å². The number of fused-ring (bicyclic) bond motifs is 1. The van der Waals surface area contributed by atoms with E-state index in [1.807, 2.05) is 0 Å². The fourth-order valence-electron chi connectivity index (χ4n) is 2.20. The number of amides is 2. The van der Waals surface area contributed by atoms with E-state index in [4.69, 9.17) is 13.9 Å². The van der Waals surface area contributed by atoms with Gasteiger partial charge in [-0.1, -0.05) is 0 Å². The Morgan fingerprint density at radius 3 is 2.79 bits per heavy atom. The van der Waals surface area contributed by atoms with Gasteiger partial charge in [-0.25, -0.2) is 0 Å². The van der Waals surface area contributed by atoms with Gasteiger partial charge in [0.2, 0.25) is 6.79 Å². The van der Waals surface area contributed by atoms with E-state index in [0.29, 0.717) is 22.7 Å². The lowest BCUT2D eigenvalue weighted by Crippen LogP contribution is -2.36. The number of ether oxygens (including phenoxy) is 2. The van der Waals surface area contributed by atoms with E-state index < -0.39 is 17.9 Å². The van der Waals surface area contributed by atoms with E-state index >= 15 is 0 Å². The summed E-state index contributed by atoms with van der Waals surface area (Å²) in [7, 11) is 0. The van der Waals surface area contributed by atoms with Crippen LogP contribution in [0.15, 0.2) is 41.2 Å². The van der Waals surface area contributed by atoms with Crippen molar-refractivity contribution in [1.29, 1.82) is 0 Å². The number of aliphatic hydroxyl groups is 1. The van der Waals surface area contributed by atoms with Crippen LogP contribution in [0.25, 0.3) is 0 Å². The molecule has 1 aliphatic heterocycles. The standard InChI is InChI=1S/C16H16N2O6/c19-12(10-4-6-22-8-10)3-5-17-15(20)16(21)18-11-1-2-13-14(7-11)24-9-23-13/h1-2,4,6-8,12,19H,3,5,9H2,(H,17,20)(H,18,21)/t12-/m0/s1. The van der Waals surface area contributed by atoms with Crippen LogP contribution in [-0.4, -0.2) is 30.3 Å². The largest absolute Gasteiger partial charge is 0.472 e. The van der Waals surface area contributed by atoms with E-state index in [1.54, 1.807) is 24.3 Å². The Kier molecular flexibility index (Phi) is 4.66. The number of rotatable bonds is 5. The van der Waals surface area contributed by atoms with Gasteiger partial charge in [-0.2, -0.15) is 0 Å². The predicted octanol–water partition coefficient (Wildman–Crippen LogP) is 1.19. The van der Waals surface area contributed by atoms with Crippen LogP contribution in [0.3, 0.4) is 0 Å². The summed E-state index contributed by atoms with van der Waals surface area (Å²) in [6, 6.07) is 6.48. The maximum atomic E-state index is 11.8. The summed E-state index contributed by atoms with van der Waals surface area (Å²) in [5.74, 6) is -0.485. The number of carbonyl (C=O) groups is 2. The third kappa shape index (κ3) is 3.66. The molecule has 0 fully saturated rings. The van der Waals surface area contributed by atoms with Crippen molar-refractivity contribution in [1.82, 2.24) is 5.32 Å². The predicted molar refractivity (Wildman–Crippen MR) is 82.5 cm³/mol. The number of benzene rings is 1. The monoisotopic (exact) mass is 332 g/mol. The third-order valence-electron chi connectivity index (χ3n) is 3.47. The van der Waals surface area contributed by atoms with Crippen molar-refractivity contribution >= 4 is 17.5 Å². The first-order valence-corrected chi connectivity index (χ1v) is 7.32. The summed E-state index contributed by atoms with van der Waals surface area (Å²) in [6.07, 6.45) is 2.39. The van der Waals surface area contributed by atoms with E-state index in [1.165, 1.54) is 12.5 Å². The maximum Gasteiger partial charge on any atom is 0.313 e. The molecule has 0 bridgehead atoms. The molecule has 8 nitrogen and oxygen atoms in total. The summed E-state index contributed by atoms with van der Waals surface area (Å²) in [5, 5.41) is 14.8. The molecule has 0 radical (unpaired) electrons. The highest BCUT2D eigenvalue weighted by Crippen LogP contribution is 2.34. The number of nitrogens with one attached hydrogen (secondary N) is 2. The first-order chi connectivity index (χ1) is 11.6. The van der Waals surface area contributed by atoms with Gasteiger partial charge in [0.1, 0.15) is 0 Å². The van der Waals surface area contributed by atoms with Gasteiger partial charge in [0.25, 0.3) is 0 Å². The summed E-state index contributed by atoms with van der Waals surface area (Å²) < 4.78 is 15.2. The van der Waals surface area contributed by atoms with Crippen LogP contribution in [0, 0.1) is 0 Å². The van der Waals surface area contributed by atoms with Gasteiger partial charge in [-0.05, 0) is 24.6 Å². The topological polar surface area (TPSA) is 110 Å². The molecule has 1 atom stereocenters. The fourth-order valence-corrected chi connectivity index (χ4v) is 2.20. The van der Waals surface area contributed by atoms with Crippen LogP contribution in [-0.2, 0) is 9.59 Å². The van der Waals surface area contributed by atoms with Crippen LogP contribution < -0.4 is 20.1 Å². The number of aliphatic hydroxyl groups excluding tert-OH is 1. The van der Waals surface area contributed by atoms with Gasteiger partial charge in [0, 0.05) is 23.9 Å². The Labute approximate surface area is 137 Å². The Bertz CT molecular complexity index is 728. The quantitative estimate of drug-likeness (QED) is 0.709. The van der Waals surface area contributed by atoms with E-state index in [9.17, 15) is 14.7 Å². The number of furan rings is 1. The second-order valence-corrected chi connectivity index (χ2v) is 5.14. The van der Waals surface area contributed by atoms with Crippen LogP contribution in [0.4, 0.5) is 5.69 Å².